The van der Waals surface area contributed by atoms with E-state index in [-0.39, 0.29) is 19.1 Å². The van der Waals surface area contributed by atoms with E-state index >= 15 is 0 Å². The van der Waals surface area contributed by atoms with Crippen molar-refractivity contribution in [3.8, 4) is 17.4 Å². The first-order valence-corrected chi connectivity index (χ1v) is 9.00. The fourth-order valence-corrected chi connectivity index (χ4v) is 2.62. The Balaban J connectivity index is 1.58. The molecule has 0 unspecified atom stereocenters. The van der Waals surface area contributed by atoms with Crippen molar-refractivity contribution in [3.05, 3.63) is 83.8 Å². The molecule has 3 rings (SSSR count). The normalized spacial score (nSPS) is 10.4. The Bertz CT molecular complexity index is 946. The summed E-state index contributed by atoms with van der Waals surface area (Å²) in [4.78, 5) is 16.3. The Labute approximate surface area is 163 Å². The Morgan fingerprint density at radius 3 is 2.71 bits per heavy atom. The molecule has 3 aromatic rings. The molecule has 0 atom stereocenters. The molecule has 2 aromatic carbocycles. The highest BCUT2D eigenvalue weighted by Crippen LogP contribution is 2.23. The zero-order valence-electron chi connectivity index (χ0n) is 15.5. The SMILES string of the molecule is CCc1ccccc1OCC(=O)NCc1cccnc1Oc1cccc(F)c1. The van der Waals surface area contributed by atoms with Crippen molar-refractivity contribution in [2.24, 2.45) is 0 Å². The minimum atomic E-state index is -0.396. The number of halogens is 1. The first-order chi connectivity index (χ1) is 13.7. The summed E-state index contributed by atoms with van der Waals surface area (Å²) in [5, 5.41) is 2.79. The summed E-state index contributed by atoms with van der Waals surface area (Å²) in [6.07, 6.45) is 2.40. The molecular weight excluding hydrogens is 359 g/mol. The van der Waals surface area contributed by atoms with Crippen molar-refractivity contribution in [3.63, 3.8) is 0 Å². The smallest absolute Gasteiger partial charge is 0.258 e. The Morgan fingerprint density at radius 2 is 1.89 bits per heavy atom. The van der Waals surface area contributed by atoms with Crippen LogP contribution in [0.5, 0.6) is 17.4 Å². The van der Waals surface area contributed by atoms with Crippen molar-refractivity contribution < 1.29 is 18.7 Å². The van der Waals surface area contributed by atoms with E-state index in [0.29, 0.717) is 22.9 Å². The number of amides is 1. The predicted molar refractivity (Wildman–Crippen MR) is 104 cm³/mol. The quantitative estimate of drug-likeness (QED) is 0.634. The van der Waals surface area contributed by atoms with E-state index in [2.05, 4.69) is 10.3 Å². The van der Waals surface area contributed by atoms with Crippen molar-refractivity contribution in [1.29, 1.82) is 0 Å². The highest BCUT2D eigenvalue weighted by molar-refractivity contribution is 5.77. The second-order valence-electron chi connectivity index (χ2n) is 6.05. The van der Waals surface area contributed by atoms with Crippen LogP contribution >= 0.6 is 0 Å². The number of hydrogen-bond acceptors (Lipinski definition) is 4. The number of benzene rings is 2. The number of pyridine rings is 1. The number of rotatable bonds is 8. The molecule has 0 saturated heterocycles. The standard InChI is InChI=1S/C22H21FN2O3/c1-2-16-7-3-4-11-20(16)27-15-21(26)25-14-17-8-6-12-24-22(17)28-19-10-5-9-18(23)13-19/h3-13H,2,14-15H2,1H3,(H,25,26). The summed E-state index contributed by atoms with van der Waals surface area (Å²) in [5.74, 6) is 0.701. The number of para-hydroxylation sites is 1. The minimum Gasteiger partial charge on any atom is -0.483 e. The van der Waals surface area contributed by atoms with E-state index in [1.807, 2.05) is 31.2 Å². The summed E-state index contributed by atoms with van der Waals surface area (Å²) in [6, 6.07) is 17.0. The maximum atomic E-state index is 13.3. The van der Waals surface area contributed by atoms with Crippen LogP contribution in [0.15, 0.2) is 66.9 Å². The first-order valence-electron chi connectivity index (χ1n) is 9.00. The zero-order valence-corrected chi connectivity index (χ0v) is 15.5. The van der Waals surface area contributed by atoms with Gasteiger partial charge in [-0.05, 0) is 36.2 Å². The van der Waals surface area contributed by atoms with Crippen LogP contribution in [0.2, 0.25) is 0 Å². The molecule has 1 N–H and O–H groups in total. The number of aryl methyl sites for hydroxylation is 1. The molecule has 0 fully saturated rings. The molecule has 0 aliphatic heterocycles. The molecule has 144 valence electrons. The van der Waals surface area contributed by atoms with Gasteiger partial charge in [0.1, 0.15) is 17.3 Å². The van der Waals surface area contributed by atoms with Gasteiger partial charge in [-0.1, -0.05) is 37.3 Å². The Morgan fingerprint density at radius 1 is 1.07 bits per heavy atom. The van der Waals surface area contributed by atoms with Gasteiger partial charge >= 0.3 is 0 Å². The molecule has 28 heavy (non-hydrogen) atoms. The van der Waals surface area contributed by atoms with Crippen LogP contribution in [0.3, 0.4) is 0 Å². The van der Waals surface area contributed by atoms with Gasteiger partial charge in [0.2, 0.25) is 5.88 Å². The monoisotopic (exact) mass is 380 g/mol. The maximum absolute atomic E-state index is 13.3. The van der Waals surface area contributed by atoms with Crippen LogP contribution in [0.25, 0.3) is 0 Å². The molecule has 5 nitrogen and oxygen atoms in total. The molecule has 0 spiro atoms. The van der Waals surface area contributed by atoms with Gasteiger partial charge in [-0.2, -0.15) is 0 Å². The van der Waals surface area contributed by atoms with Gasteiger partial charge < -0.3 is 14.8 Å². The lowest BCUT2D eigenvalue weighted by molar-refractivity contribution is -0.123. The highest BCUT2D eigenvalue weighted by Gasteiger charge is 2.10. The molecule has 0 saturated carbocycles. The van der Waals surface area contributed by atoms with Crippen molar-refractivity contribution in [2.75, 3.05) is 6.61 Å². The Kier molecular flexibility index (Phi) is 6.57. The fraction of sp³-hybridized carbons (Fsp3) is 0.182. The summed E-state index contributed by atoms with van der Waals surface area (Å²) >= 11 is 0. The third-order valence-electron chi connectivity index (χ3n) is 4.05. The average Bonchev–Trinajstić information content (AvgIpc) is 2.72. The molecule has 1 amide bonds. The number of nitrogens with zero attached hydrogens (tertiary/aromatic N) is 1. The maximum Gasteiger partial charge on any atom is 0.258 e. The zero-order chi connectivity index (χ0) is 19.8. The van der Waals surface area contributed by atoms with E-state index in [1.54, 1.807) is 30.5 Å². The summed E-state index contributed by atoms with van der Waals surface area (Å²) in [6.45, 7) is 2.16. The van der Waals surface area contributed by atoms with Crippen LogP contribution in [-0.4, -0.2) is 17.5 Å². The number of ether oxygens (including phenoxy) is 2. The summed E-state index contributed by atoms with van der Waals surface area (Å²) in [7, 11) is 0. The molecule has 1 aromatic heterocycles. The van der Waals surface area contributed by atoms with Gasteiger partial charge in [0.15, 0.2) is 6.61 Å². The molecule has 1 heterocycles. The molecule has 0 radical (unpaired) electrons. The number of carbonyl (C=O) groups is 1. The molecule has 0 aliphatic carbocycles. The minimum absolute atomic E-state index is 0.0859. The van der Waals surface area contributed by atoms with Crippen LogP contribution in [0.1, 0.15) is 18.1 Å². The van der Waals surface area contributed by atoms with E-state index in [9.17, 15) is 9.18 Å². The first kappa shape index (κ1) is 19.4. The lowest BCUT2D eigenvalue weighted by Gasteiger charge is -2.12. The third kappa shape index (κ3) is 5.30. The predicted octanol–water partition coefficient (Wildman–Crippen LogP) is 4.27. The topological polar surface area (TPSA) is 60.5 Å². The third-order valence-corrected chi connectivity index (χ3v) is 4.05. The van der Waals surface area contributed by atoms with Crippen LogP contribution in [-0.2, 0) is 17.8 Å². The highest BCUT2D eigenvalue weighted by atomic mass is 19.1. The van der Waals surface area contributed by atoms with Gasteiger partial charge in [-0.3, -0.25) is 4.79 Å². The number of carbonyl (C=O) groups excluding carboxylic acids is 1. The molecular formula is C22H21FN2O3. The number of aromatic nitrogens is 1. The molecule has 0 bridgehead atoms. The van der Waals surface area contributed by atoms with E-state index in [1.165, 1.54) is 12.1 Å². The van der Waals surface area contributed by atoms with Crippen LogP contribution in [0.4, 0.5) is 4.39 Å². The van der Waals surface area contributed by atoms with Gasteiger partial charge in [0, 0.05) is 24.4 Å². The lowest BCUT2D eigenvalue weighted by atomic mass is 10.1. The van der Waals surface area contributed by atoms with Gasteiger partial charge in [-0.25, -0.2) is 9.37 Å². The van der Waals surface area contributed by atoms with Gasteiger partial charge in [-0.15, -0.1) is 0 Å². The van der Waals surface area contributed by atoms with Crippen molar-refractivity contribution >= 4 is 5.91 Å². The van der Waals surface area contributed by atoms with E-state index in [4.69, 9.17) is 9.47 Å². The summed E-state index contributed by atoms with van der Waals surface area (Å²) < 4.78 is 24.6. The largest absolute Gasteiger partial charge is 0.483 e. The number of hydrogen-bond donors (Lipinski definition) is 1. The summed E-state index contributed by atoms with van der Waals surface area (Å²) in [5.41, 5.74) is 1.72. The van der Waals surface area contributed by atoms with Crippen LogP contribution in [0, 0.1) is 5.82 Å². The van der Waals surface area contributed by atoms with Crippen molar-refractivity contribution in [2.45, 2.75) is 19.9 Å². The van der Waals surface area contributed by atoms with Crippen molar-refractivity contribution in [1.82, 2.24) is 10.3 Å². The molecule has 0 aliphatic rings. The van der Waals surface area contributed by atoms with Crippen LogP contribution < -0.4 is 14.8 Å². The second-order valence-corrected chi connectivity index (χ2v) is 6.05. The number of nitrogens with one attached hydrogen (secondary N) is 1. The second kappa shape index (κ2) is 9.50. The van der Waals surface area contributed by atoms with E-state index < -0.39 is 5.82 Å². The van der Waals surface area contributed by atoms with Gasteiger partial charge in [0.05, 0.1) is 0 Å². The van der Waals surface area contributed by atoms with Gasteiger partial charge in [0.25, 0.3) is 5.91 Å². The Hall–Kier alpha value is -3.41. The molecule has 6 heteroatoms. The average molecular weight is 380 g/mol. The lowest BCUT2D eigenvalue weighted by Crippen LogP contribution is -2.28. The fourth-order valence-electron chi connectivity index (χ4n) is 2.62. The van der Waals surface area contributed by atoms with E-state index in [0.717, 1.165) is 12.0 Å².